The third-order valence-electron chi connectivity index (χ3n) is 6.07. The van der Waals surface area contributed by atoms with E-state index in [1.165, 1.54) is 77.0 Å². The van der Waals surface area contributed by atoms with E-state index in [9.17, 15) is 9.46 Å². The minimum Gasteiger partial charge on any atom is -0.396 e. The van der Waals surface area contributed by atoms with Gasteiger partial charge < -0.3 is 10.2 Å². The highest BCUT2D eigenvalue weighted by atomic mass is 31.2. The highest BCUT2D eigenvalue weighted by Crippen LogP contribution is 2.43. The van der Waals surface area contributed by atoms with Crippen molar-refractivity contribution in [2.24, 2.45) is 0 Å². The second-order valence-electron chi connectivity index (χ2n) is 9.49. The summed E-state index contributed by atoms with van der Waals surface area (Å²) >= 11 is 0. The van der Waals surface area contributed by atoms with Gasteiger partial charge in [-0.15, -0.1) is 9.35 Å². The van der Waals surface area contributed by atoms with E-state index in [1.807, 2.05) is 0 Å². The minimum atomic E-state index is -4.33. The van der Waals surface area contributed by atoms with Crippen LogP contribution in [0.25, 0.3) is 0 Å². The molecule has 0 aliphatic rings. The highest BCUT2D eigenvalue weighted by Gasteiger charge is 2.24. The molecule has 212 valence electrons. The molecule has 0 saturated heterocycles. The van der Waals surface area contributed by atoms with Gasteiger partial charge in [0.05, 0.1) is 13.2 Å². The van der Waals surface area contributed by atoms with Gasteiger partial charge in [-0.25, -0.2) is 14.3 Å². The van der Waals surface area contributed by atoms with Crippen molar-refractivity contribution in [1.82, 2.24) is 0 Å². The lowest BCUT2D eigenvalue weighted by atomic mass is 10.1. The summed E-state index contributed by atoms with van der Waals surface area (Å²) in [6.07, 6.45) is 24.8. The van der Waals surface area contributed by atoms with Gasteiger partial charge in [0.1, 0.15) is 0 Å². The quantitative estimate of drug-likeness (QED) is 0.0380. The van der Waals surface area contributed by atoms with Crippen molar-refractivity contribution in [3.63, 3.8) is 0 Å². The molecule has 0 bridgehead atoms. The second kappa shape index (κ2) is 28.5. The van der Waals surface area contributed by atoms with Crippen LogP contribution in [0.15, 0.2) is 0 Å². The molecule has 0 aromatic rings. The maximum atomic E-state index is 11.7. The van der Waals surface area contributed by atoms with Crippen LogP contribution in [0.1, 0.15) is 141 Å². The Morgan fingerprint density at radius 3 is 0.886 bits per heavy atom. The molecule has 0 atom stereocenters. The Bertz CT molecular complexity index is 417. The zero-order chi connectivity index (χ0) is 25.7. The molecular weight excluding hydrogens is 471 g/mol. The minimum absolute atomic E-state index is 0.251. The first-order valence-electron chi connectivity index (χ1n) is 14.3. The first-order chi connectivity index (χ1) is 17.1. The molecule has 0 heterocycles. The van der Waals surface area contributed by atoms with Crippen molar-refractivity contribution < 1.29 is 38.8 Å². The fourth-order valence-corrected chi connectivity index (χ4v) is 4.39. The lowest BCUT2D eigenvalue weighted by molar-refractivity contribution is -0.279. The lowest BCUT2D eigenvalue weighted by Gasteiger charge is -2.10. The van der Waals surface area contributed by atoms with Crippen molar-refractivity contribution in [2.45, 2.75) is 141 Å². The smallest absolute Gasteiger partial charge is 0.396 e. The molecule has 0 aliphatic heterocycles. The van der Waals surface area contributed by atoms with Crippen LogP contribution in [0.5, 0.6) is 0 Å². The van der Waals surface area contributed by atoms with Crippen molar-refractivity contribution in [3.05, 3.63) is 0 Å². The molecule has 0 fully saturated rings. The average Bonchev–Trinajstić information content (AvgIpc) is 2.84. The van der Waals surface area contributed by atoms with Crippen LogP contribution in [-0.4, -0.2) is 41.5 Å². The molecule has 0 aromatic heterocycles. The first kappa shape index (κ1) is 35.0. The third kappa shape index (κ3) is 30.1. The number of aliphatic hydroxyl groups is 2. The summed E-state index contributed by atoms with van der Waals surface area (Å²) < 4.78 is 20.6. The van der Waals surface area contributed by atoms with E-state index >= 15 is 0 Å². The number of phosphoric acid groups is 1. The lowest BCUT2D eigenvalue weighted by Crippen LogP contribution is -2.01. The van der Waals surface area contributed by atoms with Crippen LogP contribution < -0.4 is 0 Å². The molecule has 0 aliphatic carbocycles. The maximum absolute atomic E-state index is 11.7. The van der Waals surface area contributed by atoms with Crippen LogP contribution >= 0.6 is 7.82 Å². The Labute approximate surface area is 214 Å². The zero-order valence-electron chi connectivity index (χ0n) is 22.2. The Balaban J connectivity index is 3.28. The molecule has 8 nitrogen and oxygen atoms in total. The van der Waals surface area contributed by atoms with Gasteiger partial charge in [0.15, 0.2) is 0 Å². The Morgan fingerprint density at radius 2 is 0.629 bits per heavy atom. The van der Waals surface area contributed by atoms with Crippen LogP contribution in [0, 0.1) is 0 Å². The highest BCUT2D eigenvalue weighted by molar-refractivity contribution is 7.47. The summed E-state index contributed by atoms with van der Waals surface area (Å²) in [7, 11) is -4.33. The van der Waals surface area contributed by atoms with Gasteiger partial charge in [-0.2, -0.15) is 0 Å². The van der Waals surface area contributed by atoms with E-state index in [0.717, 1.165) is 64.2 Å². The number of rotatable bonds is 30. The second-order valence-corrected chi connectivity index (χ2v) is 10.7. The first-order valence-corrected chi connectivity index (χ1v) is 15.8. The molecule has 0 aromatic carbocycles. The van der Waals surface area contributed by atoms with E-state index in [-0.39, 0.29) is 13.2 Å². The van der Waals surface area contributed by atoms with Crippen LogP contribution in [0.4, 0.5) is 0 Å². The Kier molecular flexibility index (Phi) is 28.5. The van der Waals surface area contributed by atoms with Crippen molar-refractivity contribution in [1.29, 1.82) is 0 Å². The van der Waals surface area contributed by atoms with E-state index < -0.39 is 7.82 Å². The van der Waals surface area contributed by atoms with Gasteiger partial charge in [0.2, 0.25) is 0 Å². The van der Waals surface area contributed by atoms with Gasteiger partial charge in [-0.1, -0.05) is 116 Å². The molecule has 3 N–H and O–H groups in total. The monoisotopic (exact) mass is 526 g/mol. The van der Waals surface area contributed by atoms with Crippen molar-refractivity contribution in [3.8, 4) is 0 Å². The number of unbranched alkanes of at least 4 members (excludes halogenated alkanes) is 20. The van der Waals surface area contributed by atoms with E-state index in [2.05, 4.69) is 9.35 Å². The molecule has 0 spiro atoms. The van der Waals surface area contributed by atoms with Gasteiger partial charge in [-0.05, 0) is 25.7 Å². The number of hydrogen-bond acceptors (Lipinski definition) is 7. The predicted octanol–water partition coefficient (Wildman–Crippen LogP) is 7.55. The van der Waals surface area contributed by atoms with Gasteiger partial charge >= 0.3 is 7.82 Å². The fraction of sp³-hybridized carbons (Fsp3) is 1.00. The van der Waals surface area contributed by atoms with Crippen LogP contribution in [-0.2, 0) is 23.7 Å². The van der Waals surface area contributed by atoms with Crippen molar-refractivity contribution in [2.75, 3.05) is 26.4 Å². The van der Waals surface area contributed by atoms with Crippen molar-refractivity contribution >= 4 is 7.82 Å². The number of hydrogen-bond donors (Lipinski definition) is 3. The predicted molar refractivity (Wildman–Crippen MR) is 140 cm³/mol. The largest absolute Gasteiger partial charge is 0.526 e. The van der Waals surface area contributed by atoms with E-state index in [0.29, 0.717) is 13.2 Å². The molecule has 0 saturated carbocycles. The third-order valence-corrected chi connectivity index (χ3v) is 6.65. The zero-order valence-corrected chi connectivity index (χ0v) is 23.1. The van der Waals surface area contributed by atoms with E-state index in [4.69, 9.17) is 20.0 Å². The molecule has 0 amide bonds. The topological polar surface area (TPSA) is 115 Å². The van der Waals surface area contributed by atoms with Gasteiger partial charge in [0, 0.05) is 13.2 Å². The molecule has 0 radical (unpaired) electrons. The Morgan fingerprint density at radius 1 is 0.400 bits per heavy atom. The molecule has 0 rings (SSSR count). The summed E-state index contributed by atoms with van der Waals surface area (Å²) in [5.74, 6) is 0. The number of aliphatic hydroxyl groups excluding tert-OH is 2. The molecule has 0 unspecified atom stereocenters. The molecule has 35 heavy (non-hydrogen) atoms. The standard InChI is InChI=1S/C26H55O8P/c27-23-19-15-11-7-3-1-5-9-13-17-21-25-31-33-35(29,30)34-32-26-22-18-14-10-6-2-4-8-12-16-20-24-28/h27-28H,1-26H2,(H,29,30). The summed E-state index contributed by atoms with van der Waals surface area (Å²) in [5, 5.41) is 17.5. The SMILES string of the molecule is O=P(O)(OOCCCCCCCCCCCCCO)OOCCCCCCCCCCCCCO. The normalized spacial score (nSPS) is 12.0. The summed E-state index contributed by atoms with van der Waals surface area (Å²) in [5.41, 5.74) is 0. The summed E-state index contributed by atoms with van der Waals surface area (Å²) in [6.45, 7) is 1.12. The fourth-order valence-electron chi connectivity index (χ4n) is 3.95. The average molecular weight is 527 g/mol. The summed E-state index contributed by atoms with van der Waals surface area (Å²) in [4.78, 5) is 19.2. The van der Waals surface area contributed by atoms with Crippen LogP contribution in [0.2, 0.25) is 0 Å². The van der Waals surface area contributed by atoms with Crippen LogP contribution in [0.3, 0.4) is 0 Å². The molecular formula is C26H55O8P. The Hall–Kier alpha value is -0.0500. The van der Waals surface area contributed by atoms with Gasteiger partial charge in [0.25, 0.3) is 0 Å². The molecule has 9 heteroatoms. The van der Waals surface area contributed by atoms with Gasteiger partial charge in [-0.3, -0.25) is 4.89 Å². The summed E-state index contributed by atoms with van der Waals surface area (Å²) in [6, 6.07) is 0. The maximum Gasteiger partial charge on any atom is 0.526 e. The van der Waals surface area contributed by atoms with E-state index in [1.54, 1.807) is 0 Å².